The van der Waals surface area contributed by atoms with Gasteiger partial charge >= 0.3 is 0 Å². The van der Waals surface area contributed by atoms with Crippen LogP contribution in [0.15, 0.2) is 36.4 Å². The molecular weight excluding hydrogens is 288 g/mol. The van der Waals surface area contributed by atoms with Gasteiger partial charge < -0.3 is 10.1 Å². The van der Waals surface area contributed by atoms with Gasteiger partial charge in [0.2, 0.25) is 0 Å². The van der Waals surface area contributed by atoms with Crippen LogP contribution in [0.4, 0.5) is 14.5 Å². The van der Waals surface area contributed by atoms with E-state index in [4.69, 9.17) is 4.74 Å². The lowest BCUT2D eigenvalue weighted by molar-refractivity contribution is -0.122. The molecule has 0 fully saturated rings. The van der Waals surface area contributed by atoms with E-state index in [0.29, 0.717) is 11.8 Å². The van der Waals surface area contributed by atoms with E-state index in [0.717, 1.165) is 17.2 Å². The van der Waals surface area contributed by atoms with E-state index in [-0.39, 0.29) is 5.69 Å². The Kier molecular flexibility index (Phi) is 4.75. The molecule has 1 amide bonds. The lowest BCUT2D eigenvalue weighted by Crippen LogP contribution is -2.30. The molecule has 0 aliphatic heterocycles. The third-order valence-electron chi connectivity index (χ3n) is 3.35. The second kappa shape index (κ2) is 6.56. The van der Waals surface area contributed by atoms with Crippen molar-refractivity contribution >= 4 is 11.6 Å². The number of nitrogens with one attached hydrogen (secondary N) is 1. The Morgan fingerprint density at radius 2 is 1.82 bits per heavy atom. The molecule has 0 radical (unpaired) electrons. The topological polar surface area (TPSA) is 38.3 Å². The van der Waals surface area contributed by atoms with Crippen molar-refractivity contribution in [1.29, 1.82) is 0 Å². The molecule has 1 N–H and O–H groups in total. The van der Waals surface area contributed by atoms with Gasteiger partial charge in [0.05, 0.1) is 5.69 Å². The average molecular weight is 305 g/mol. The summed E-state index contributed by atoms with van der Waals surface area (Å²) in [6, 6.07) is 8.46. The number of ether oxygens (including phenoxy) is 1. The van der Waals surface area contributed by atoms with E-state index < -0.39 is 23.6 Å². The van der Waals surface area contributed by atoms with Gasteiger partial charge in [-0.2, -0.15) is 0 Å². The normalized spacial score (nSPS) is 11.9. The van der Waals surface area contributed by atoms with E-state index in [1.165, 1.54) is 6.07 Å². The Morgan fingerprint density at radius 1 is 1.09 bits per heavy atom. The van der Waals surface area contributed by atoms with Gasteiger partial charge in [-0.05, 0) is 56.2 Å². The number of rotatable bonds is 4. The highest BCUT2D eigenvalue weighted by molar-refractivity contribution is 5.94. The second-order valence-corrected chi connectivity index (χ2v) is 5.12. The number of amides is 1. The van der Waals surface area contributed by atoms with Crippen molar-refractivity contribution in [3.05, 3.63) is 59.2 Å². The van der Waals surface area contributed by atoms with Crippen molar-refractivity contribution < 1.29 is 18.3 Å². The van der Waals surface area contributed by atoms with E-state index in [1.807, 2.05) is 26.0 Å². The van der Waals surface area contributed by atoms with Crippen LogP contribution in [0.2, 0.25) is 0 Å². The number of hydrogen-bond donors (Lipinski definition) is 1. The molecule has 2 aromatic rings. The molecule has 0 aliphatic carbocycles. The van der Waals surface area contributed by atoms with Crippen LogP contribution in [0.1, 0.15) is 18.1 Å². The molecule has 0 aliphatic rings. The summed E-state index contributed by atoms with van der Waals surface area (Å²) in [5.41, 5.74) is 2.09. The number of hydrogen-bond acceptors (Lipinski definition) is 2. The fourth-order valence-electron chi connectivity index (χ4n) is 1.87. The summed E-state index contributed by atoms with van der Waals surface area (Å²) in [4.78, 5) is 12.0. The summed E-state index contributed by atoms with van der Waals surface area (Å²) in [5, 5.41) is 2.38. The summed E-state index contributed by atoms with van der Waals surface area (Å²) in [6.45, 7) is 5.49. The number of benzene rings is 2. The second-order valence-electron chi connectivity index (χ2n) is 5.12. The van der Waals surface area contributed by atoms with Gasteiger partial charge in [-0.15, -0.1) is 0 Å². The first kappa shape index (κ1) is 15.9. The number of aryl methyl sites for hydroxylation is 2. The lowest BCUT2D eigenvalue weighted by Gasteiger charge is -2.16. The zero-order valence-corrected chi connectivity index (χ0v) is 12.6. The monoisotopic (exact) mass is 305 g/mol. The maximum Gasteiger partial charge on any atom is 0.265 e. The fourth-order valence-corrected chi connectivity index (χ4v) is 1.87. The van der Waals surface area contributed by atoms with Crippen LogP contribution in [-0.2, 0) is 4.79 Å². The molecule has 116 valence electrons. The molecule has 3 nitrogen and oxygen atoms in total. The third-order valence-corrected chi connectivity index (χ3v) is 3.35. The van der Waals surface area contributed by atoms with Gasteiger partial charge in [-0.25, -0.2) is 8.78 Å². The molecule has 0 saturated heterocycles. The number of carbonyl (C=O) groups is 1. The van der Waals surface area contributed by atoms with Crippen molar-refractivity contribution in [2.75, 3.05) is 5.32 Å². The summed E-state index contributed by atoms with van der Waals surface area (Å²) >= 11 is 0. The highest BCUT2D eigenvalue weighted by Gasteiger charge is 2.17. The van der Waals surface area contributed by atoms with Gasteiger partial charge in [0.1, 0.15) is 17.4 Å². The molecule has 2 aromatic carbocycles. The van der Waals surface area contributed by atoms with Crippen molar-refractivity contribution in [2.24, 2.45) is 0 Å². The van der Waals surface area contributed by atoms with E-state index >= 15 is 0 Å². The van der Waals surface area contributed by atoms with Crippen LogP contribution in [0.25, 0.3) is 0 Å². The first-order chi connectivity index (χ1) is 10.4. The molecule has 0 saturated carbocycles. The minimum atomic E-state index is -0.827. The Bertz CT molecular complexity index is 701. The summed E-state index contributed by atoms with van der Waals surface area (Å²) in [5.74, 6) is -1.48. The van der Waals surface area contributed by atoms with Crippen molar-refractivity contribution in [1.82, 2.24) is 0 Å². The van der Waals surface area contributed by atoms with Gasteiger partial charge in [0.15, 0.2) is 6.10 Å². The minimum Gasteiger partial charge on any atom is -0.481 e. The van der Waals surface area contributed by atoms with Crippen LogP contribution in [-0.4, -0.2) is 12.0 Å². The molecule has 0 unspecified atom stereocenters. The number of halogens is 2. The molecule has 0 heterocycles. The molecule has 1 atom stereocenters. The number of carbonyl (C=O) groups excluding carboxylic acids is 1. The van der Waals surface area contributed by atoms with Crippen molar-refractivity contribution in [3.8, 4) is 5.75 Å². The molecule has 0 aromatic heterocycles. The predicted molar refractivity (Wildman–Crippen MR) is 81.0 cm³/mol. The molecule has 0 spiro atoms. The van der Waals surface area contributed by atoms with E-state index in [2.05, 4.69) is 5.32 Å². The Hall–Kier alpha value is -2.43. The van der Waals surface area contributed by atoms with Crippen LogP contribution in [0.5, 0.6) is 5.75 Å². The van der Waals surface area contributed by atoms with Crippen LogP contribution in [0, 0.1) is 25.5 Å². The Labute approximate surface area is 127 Å². The fraction of sp³-hybridized carbons (Fsp3) is 0.235. The zero-order chi connectivity index (χ0) is 16.3. The van der Waals surface area contributed by atoms with Gasteiger partial charge in [0, 0.05) is 6.07 Å². The van der Waals surface area contributed by atoms with E-state index in [9.17, 15) is 13.6 Å². The van der Waals surface area contributed by atoms with Crippen molar-refractivity contribution in [3.63, 3.8) is 0 Å². The van der Waals surface area contributed by atoms with Gasteiger partial charge in [0.25, 0.3) is 5.91 Å². The third kappa shape index (κ3) is 3.81. The van der Waals surface area contributed by atoms with Crippen LogP contribution < -0.4 is 10.1 Å². The number of anilines is 1. The minimum absolute atomic E-state index is 0.0815. The zero-order valence-electron chi connectivity index (χ0n) is 12.6. The summed E-state index contributed by atoms with van der Waals surface area (Å²) in [6.07, 6.45) is -0.813. The smallest absolute Gasteiger partial charge is 0.265 e. The lowest BCUT2D eigenvalue weighted by atomic mass is 10.1. The summed E-state index contributed by atoms with van der Waals surface area (Å²) < 4.78 is 31.9. The maximum absolute atomic E-state index is 13.5. The van der Waals surface area contributed by atoms with E-state index in [1.54, 1.807) is 13.0 Å². The largest absolute Gasteiger partial charge is 0.481 e. The van der Waals surface area contributed by atoms with Crippen LogP contribution in [0.3, 0.4) is 0 Å². The van der Waals surface area contributed by atoms with Gasteiger partial charge in [-0.1, -0.05) is 6.07 Å². The van der Waals surface area contributed by atoms with Crippen LogP contribution >= 0.6 is 0 Å². The Morgan fingerprint density at radius 3 is 2.45 bits per heavy atom. The quantitative estimate of drug-likeness (QED) is 0.927. The summed E-state index contributed by atoms with van der Waals surface area (Å²) in [7, 11) is 0. The maximum atomic E-state index is 13.5. The highest BCUT2D eigenvalue weighted by atomic mass is 19.1. The SMILES string of the molecule is Cc1ccc(O[C@H](C)C(=O)Nc2ccc(F)cc2F)cc1C. The molecule has 0 bridgehead atoms. The molecule has 2 rings (SSSR count). The van der Waals surface area contributed by atoms with Crippen molar-refractivity contribution in [2.45, 2.75) is 26.9 Å². The molecule has 22 heavy (non-hydrogen) atoms. The Balaban J connectivity index is 2.04. The molecular formula is C17H17F2NO2. The average Bonchev–Trinajstić information content (AvgIpc) is 2.45. The predicted octanol–water partition coefficient (Wildman–Crippen LogP) is 3.99. The highest BCUT2D eigenvalue weighted by Crippen LogP contribution is 2.19. The first-order valence-electron chi connectivity index (χ1n) is 6.86. The van der Waals surface area contributed by atoms with Gasteiger partial charge in [-0.3, -0.25) is 4.79 Å². The first-order valence-corrected chi connectivity index (χ1v) is 6.86. The molecule has 5 heteroatoms. The standard InChI is InChI=1S/C17H17F2NO2/c1-10-4-6-14(8-11(10)2)22-12(3)17(21)20-16-7-5-13(18)9-15(16)19/h4-9,12H,1-3H3,(H,20,21)/t12-/m1/s1.